The molecule has 2 aliphatic rings. The molecule has 57 heavy (non-hydrogen) atoms. The quantitative estimate of drug-likeness (QED) is 0.175. The van der Waals surface area contributed by atoms with Crippen molar-refractivity contribution >= 4 is 55.6 Å². The number of benzene rings is 5. The van der Waals surface area contributed by atoms with Crippen molar-refractivity contribution in [1.29, 1.82) is 0 Å². The van der Waals surface area contributed by atoms with Gasteiger partial charge < -0.3 is 19.1 Å². The zero-order valence-electron chi connectivity index (χ0n) is 34.1. The van der Waals surface area contributed by atoms with Crippen LogP contribution in [0.15, 0.2) is 115 Å². The molecule has 0 aliphatic carbocycles. The Kier molecular flexibility index (Phi) is 8.05. The molecule has 5 heterocycles. The number of imidazole rings is 1. The zero-order chi connectivity index (χ0) is 39.2. The van der Waals surface area contributed by atoms with E-state index in [0.29, 0.717) is 6.67 Å². The summed E-state index contributed by atoms with van der Waals surface area (Å²) in [7, 11) is 0. The number of nitrogens with zero attached hydrogens (tertiary/aromatic N) is 6. The van der Waals surface area contributed by atoms with E-state index >= 15 is 0 Å². The van der Waals surface area contributed by atoms with Gasteiger partial charge in [0.2, 0.25) is 0 Å². The molecule has 2 aliphatic heterocycles. The molecule has 0 N–H and O–H groups in total. The van der Waals surface area contributed by atoms with Crippen molar-refractivity contribution < 1.29 is 4.74 Å². The molecular weight excluding hydrogens is 701 g/mol. The highest BCUT2D eigenvalue weighted by molar-refractivity contribution is 6.10. The summed E-state index contributed by atoms with van der Waals surface area (Å²) >= 11 is 0. The molecule has 3 aromatic heterocycles. The van der Waals surface area contributed by atoms with Gasteiger partial charge in [-0.3, -0.25) is 4.57 Å². The van der Waals surface area contributed by atoms with Gasteiger partial charge in [-0.25, -0.2) is 9.97 Å². The Balaban J connectivity index is 1.05. The first kappa shape index (κ1) is 35.3. The van der Waals surface area contributed by atoms with Crippen LogP contribution < -0.4 is 14.5 Å². The Hall–Kier alpha value is -6.08. The largest absolute Gasteiger partial charge is 0.457 e. The number of hydrogen-bond acceptors (Lipinski definition) is 5. The van der Waals surface area contributed by atoms with Crippen LogP contribution in [0.2, 0.25) is 0 Å². The Morgan fingerprint density at radius 3 is 2.18 bits per heavy atom. The summed E-state index contributed by atoms with van der Waals surface area (Å²) in [5.41, 5.74) is 12.9. The number of ether oxygens (including phenoxy) is 1. The minimum atomic E-state index is -0.00769. The van der Waals surface area contributed by atoms with Crippen molar-refractivity contribution in [3.63, 3.8) is 0 Å². The SMILES string of the molecule is Cc1ccc(N2CN(c3cccc(Oc4ccc5c6cc(C(C)(C)C)ccc6n(-c6cc(C(C)(C)C)ccn6)c5c4)c3)c3cc4nc5n(c4cc32)CCCC5)cc1. The number of anilines is 4. The Morgan fingerprint density at radius 1 is 0.614 bits per heavy atom. The molecule has 0 radical (unpaired) electrons. The van der Waals surface area contributed by atoms with E-state index in [-0.39, 0.29) is 10.8 Å². The fraction of sp³-hybridized carbons (Fsp3) is 0.280. The van der Waals surface area contributed by atoms with Crippen LogP contribution in [0.25, 0.3) is 38.7 Å². The summed E-state index contributed by atoms with van der Waals surface area (Å²) in [6.07, 6.45) is 5.37. The Bertz CT molecular complexity index is 2850. The molecule has 0 atom stereocenters. The number of fused-ring (bicyclic) bond motifs is 7. The van der Waals surface area contributed by atoms with Crippen molar-refractivity contribution in [2.24, 2.45) is 0 Å². The highest BCUT2D eigenvalue weighted by Crippen LogP contribution is 2.47. The minimum Gasteiger partial charge on any atom is -0.457 e. The molecule has 0 bridgehead atoms. The van der Waals surface area contributed by atoms with Gasteiger partial charge in [-0.05, 0) is 115 Å². The van der Waals surface area contributed by atoms with Crippen LogP contribution in [0.4, 0.5) is 22.7 Å². The third-order valence-electron chi connectivity index (χ3n) is 12.0. The molecule has 0 amide bonds. The first-order chi connectivity index (χ1) is 27.4. The lowest BCUT2D eigenvalue weighted by Crippen LogP contribution is -2.23. The Labute approximate surface area is 335 Å². The van der Waals surface area contributed by atoms with Gasteiger partial charge in [-0.2, -0.15) is 0 Å². The molecule has 0 unspecified atom stereocenters. The summed E-state index contributed by atoms with van der Waals surface area (Å²) in [4.78, 5) is 14.9. The van der Waals surface area contributed by atoms with E-state index < -0.39 is 0 Å². The third kappa shape index (κ3) is 6.11. The number of aromatic nitrogens is 4. The second-order valence-electron chi connectivity index (χ2n) is 18.0. The van der Waals surface area contributed by atoms with Crippen LogP contribution in [0.5, 0.6) is 11.5 Å². The summed E-state index contributed by atoms with van der Waals surface area (Å²) < 4.78 is 11.5. The number of hydrogen-bond donors (Lipinski definition) is 0. The molecule has 8 aromatic rings. The van der Waals surface area contributed by atoms with Crippen LogP contribution in [0, 0.1) is 6.92 Å². The highest BCUT2D eigenvalue weighted by atomic mass is 16.5. The molecule has 7 nitrogen and oxygen atoms in total. The second kappa shape index (κ2) is 13.0. The normalized spacial score (nSPS) is 14.5. The fourth-order valence-electron chi connectivity index (χ4n) is 8.72. The summed E-state index contributed by atoms with van der Waals surface area (Å²) in [6.45, 7) is 17.4. The fourth-order valence-corrected chi connectivity index (χ4v) is 8.72. The maximum atomic E-state index is 6.78. The molecular formula is C50H50N6O. The minimum absolute atomic E-state index is 0.00769. The van der Waals surface area contributed by atoms with Gasteiger partial charge in [0.1, 0.15) is 29.8 Å². The smallest absolute Gasteiger partial charge is 0.137 e. The van der Waals surface area contributed by atoms with Gasteiger partial charge in [0.15, 0.2) is 0 Å². The average molecular weight is 751 g/mol. The van der Waals surface area contributed by atoms with Crippen LogP contribution in [-0.2, 0) is 23.8 Å². The zero-order valence-corrected chi connectivity index (χ0v) is 34.1. The van der Waals surface area contributed by atoms with E-state index in [9.17, 15) is 0 Å². The van der Waals surface area contributed by atoms with Crippen molar-refractivity contribution in [2.45, 2.75) is 85.1 Å². The van der Waals surface area contributed by atoms with Crippen molar-refractivity contribution in [2.75, 3.05) is 16.5 Å². The molecule has 0 saturated heterocycles. The lowest BCUT2D eigenvalue weighted by molar-refractivity contribution is 0.483. The van der Waals surface area contributed by atoms with Gasteiger partial charge in [0.05, 0.1) is 33.4 Å². The average Bonchev–Trinajstić information content (AvgIpc) is 3.85. The first-order valence-corrected chi connectivity index (χ1v) is 20.4. The monoisotopic (exact) mass is 750 g/mol. The predicted octanol–water partition coefficient (Wildman–Crippen LogP) is 12.8. The predicted molar refractivity (Wildman–Crippen MR) is 235 cm³/mol. The van der Waals surface area contributed by atoms with E-state index in [2.05, 4.69) is 177 Å². The number of pyridine rings is 1. The van der Waals surface area contributed by atoms with Crippen LogP contribution in [-0.4, -0.2) is 25.8 Å². The van der Waals surface area contributed by atoms with Gasteiger partial charge in [0.25, 0.3) is 0 Å². The second-order valence-corrected chi connectivity index (χ2v) is 18.0. The standard InChI is InChI=1S/C50H50N6O/c1-32-14-17-35(18-15-32)54-31-55(45-29-41-44(30-46(45)54)53-24-9-8-13-47(53)52-41)36-11-10-12-37(27-36)57-38-19-20-39-40-25-33(49(2,3)4)16-21-42(40)56(43(39)28-38)48-26-34(22-23-51-48)50(5,6)7/h10-12,14-23,25-30H,8-9,13,24,31H2,1-7H3. The van der Waals surface area contributed by atoms with Gasteiger partial charge in [-0.1, -0.05) is 71.4 Å². The van der Waals surface area contributed by atoms with E-state index in [1.807, 2.05) is 6.20 Å². The lowest BCUT2D eigenvalue weighted by Gasteiger charge is -2.22. The maximum absolute atomic E-state index is 6.78. The topological polar surface area (TPSA) is 51.4 Å². The summed E-state index contributed by atoms with van der Waals surface area (Å²) in [5, 5.41) is 2.39. The molecule has 0 fully saturated rings. The van der Waals surface area contributed by atoms with Crippen molar-refractivity contribution in [3.8, 4) is 17.3 Å². The van der Waals surface area contributed by atoms with Crippen LogP contribution in [0.3, 0.4) is 0 Å². The number of rotatable bonds is 5. The highest BCUT2D eigenvalue weighted by Gasteiger charge is 2.31. The van der Waals surface area contributed by atoms with E-state index in [1.165, 1.54) is 63.0 Å². The van der Waals surface area contributed by atoms with Crippen molar-refractivity contribution in [3.05, 3.63) is 138 Å². The molecule has 7 heteroatoms. The van der Waals surface area contributed by atoms with E-state index in [4.69, 9.17) is 14.7 Å². The summed E-state index contributed by atoms with van der Waals surface area (Å²) in [6, 6.07) is 39.7. The van der Waals surface area contributed by atoms with Gasteiger partial charge >= 0.3 is 0 Å². The van der Waals surface area contributed by atoms with Gasteiger partial charge in [0, 0.05) is 53.4 Å². The van der Waals surface area contributed by atoms with Gasteiger partial charge in [-0.15, -0.1) is 0 Å². The third-order valence-corrected chi connectivity index (χ3v) is 12.0. The lowest BCUT2D eigenvalue weighted by atomic mass is 9.86. The molecule has 286 valence electrons. The maximum Gasteiger partial charge on any atom is 0.137 e. The summed E-state index contributed by atoms with van der Waals surface area (Å²) in [5.74, 6) is 3.67. The molecule has 0 spiro atoms. The van der Waals surface area contributed by atoms with E-state index in [0.717, 1.165) is 58.2 Å². The first-order valence-electron chi connectivity index (χ1n) is 20.4. The van der Waals surface area contributed by atoms with E-state index in [1.54, 1.807) is 0 Å². The van der Waals surface area contributed by atoms with Crippen LogP contribution in [0.1, 0.15) is 76.9 Å². The Morgan fingerprint density at radius 2 is 1.37 bits per heavy atom. The molecule has 0 saturated carbocycles. The molecule has 5 aromatic carbocycles. The molecule has 10 rings (SSSR count). The van der Waals surface area contributed by atoms with Crippen molar-refractivity contribution in [1.82, 2.24) is 19.1 Å². The number of aryl methyl sites for hydroxylation is 3. The van der Waals surface area contributed by atoms with Crippen LogP contribution >= 0.6 is 0 Å².